The third-order valence-electron chi connectivity index (χ3n) is 9.42. The van der Waals surface area contributed by atoms with Crippen molar-refractivity contribution in [2.45, 2.75) is 84.0 Å². The van der Waals surface area contributed by atoms with E-state index >= 15 is 0 Å². The summed E-state index contributed by atoms with van der Waals surface area (Å²) in [5.41, 5.74) is 1.78. The highest BCUT2D eigenvalue weighted by molar-refractivity contribution is 6.38. The standard InChI is InChI=1S/C35H41Cl2N7O5/c1-6-19(3)27(41-34(47)48-18-21-11-9-8-10-12-21)30(45)43-35(32(46)40-28(20(4)7-2)31-42-33(38-5)44-49-31)14-13-26-24(17-35)23-15-22(36)16-25(37)29(23)39-26/h8-12,15-16,19-20,27-28,39H,5-7,13-14,17-18H2,1-4H3,(H,40,46)(H,41,47)(H,43,45)/t19?,20?,27-,28-,35-/m0/s1. The number of nitrogens with zero attached hydrogens (tertiary/aromatic N) is 3. The van der Waals surface area contributed by atoms with Gasteiger partial charge in [-0.3, -0.25) is 9.59 Å². The Morgan fingerprint density at radius 1 is 1.10 bits per heavy atom. The van der Waals surface area contributed by atoms with Crippen LogP contribution >= 0.6 is 23.2 Å². The maximum absolute atomic E-state index is 14.7. The molecule has 5 rings (SSSR count). The van der Waals surface area contributed by atoms with E-state index < -0.39 is 35.5 Å². The maximum Gasteiger partial charge on any atom is 0.408 e. The van der Waals surface area contributed by atoms with Gasteiger partial charge in [0.05, 0.1) is 10.5 Å². The molecule has 0 aliphatic heterocycles. The van der Waals surface area contributed by atoms with Crippen LogP contribution in [0.5, 0.6) is 0 Å². The van der Waals surface area contributed by atoms with Gasteiger partial charge in [0.1, 0.15) is 24.2 Å². The lowest BCUT2D eigenvalue weighted by Crippen LogP contribution is -2.65. The Morgan fingerprint density at radius 3 is 2.51 bits per heavy atom. The fourth-order valence-corrected chi connectivity index (χ4v) is 6.66. The number of aromatic nitrogens is 3. The van der Waals surface area contributed by atoms with E-state index in [0.717, 1.165) is 22.2 Å². The molecule has 5 atom stereocenters. The molecule has 0 saturated carbocycles. The van der Waals surface area contributed by atoms with Crippen molar-refractivity contribution in [3.8, 4) is 0 Å². The van der Waals surface area contributed by atoms with E-state index in [4.69, 9.17) is 32.5 Å². The number of halogens is 2. The number of aliphatic imine (C=N–C) groups is 1. The number of hydrogen-bond acceptors (Lipinski definition) is 8. The Balaban J connectivity index is 1.48. The number of aromatic amines is 1. The van der Waals surface area contributed by atoms with E-state index in [-0.39, 0.29) is 43.1 Å². The smallest absolute Gasteiger partial charge is 0.408 e. The maximum atomic E-state index is 14.7. The van der Waals surface area contributed by atoms with Crippen molar-refractivity contribution in [2.75, 3.05) is 0 Å². The van der Waals surface area contributed by atoms with E-state index in [1.807, 2.05) is 58.0 Å². The molecule has 260 valence electrons. The van der Waals surface area contributed by atoms with Gasteiger partial charge in [-0.1, -0.05) is 94.1 Å². The third-order valence-corrected chi connectivity index (χ3v) is 9.93. The van der Waals surface area contributed by atoms with Crippen LogP contribution in [0.2, 0.25) is 10.0 Å². The fourth-order valence-electron chi connectivity index (χ4n) is 6.12. The van der Waals surface area contributed by atoms with Crippen LogP contribution in [0.4, 0.5) is 10.7 Å². The van der Waals surface area contributed by atoms with E-state index in [1.165, 1.54) is 0 Å². The molecule has 2 unspecified atom stereocenters. The first-order chi connectivity index (χ1) is 23.5. The average molecular weight is 711 g/mol. The van der Waals surface area contributed by atoms with Gasteiger partial charge < -0.3 is 30.2 Å². The van der Waals surface area contributed by atoms with Crippen molar-refractivity contribution in [2.24, 2.45) is 16.8 Å². The van der Waals surface area contributed by atoms with Crippen LogP contribution in [0.15, 0.2) is 52.0 Å². The number of alkyl carbamates (subject to hydrolysis) is 1. The molecule has 0 fully saturated rings. The number of hydrogen-bond donors (Lipinski definition) is 4. The summed E-state index contributed by atoms with van der Waals surface area (Å²) in [6.07, 6.45) is 1.31. The van der Waals surface area contributed by atoms with Crippen molar-refractivity contribution in [1.82, 2.24) is 31.1 Å². The summed E-state index contributed by atoms with van der Waals surface area (Å²) in [6, 6.07) is 11.0. The number of ether oxygens (including phenoxy) is 1. The predicted molar refractivity (Wildman–Crippen MR) is 188 cm³/mol. The first kappa shape index (κ1) is 35.9. The third kappa shape index (κ3) is 7.91. The molecule has 0 radical (unpaired) electrons. The number of benzene rings is 2. The van der Waals surface area contributed by atoms with E-state index in [9.17, 15) is 14.4 Å². The second-order valence-corrected chi connectivity index (χ2v) is 13.5. The summed E-state index contributed by atoms with van der Waals surface area (Å²) in [5.74, 6) is -1.14. The Morgan fingerprint density at radius 2 is 1.84 bits per heavy atom. The molecule has 3 amide bonds. The summed E-state index contributed by atoms with van der Waals surface area (Å²) in [4.78, 5) is 53.3. The van der Waals surface area contributed by atoms with Gasteiger partial charge in [0, 0.05) is 22.5 Å². The van der Waals surface area contributed by atoms with Gasteiger partial charge in [-0.05, 0) is 59.8 Å². The molecule has 12 nitrogen and oxygen atoms in total. The largest absolute Gasteiger partial charge is 0.445 e. The zero-order chi connectivity index (χ0) is 35.3. The molecular formula is C35H41Cl2N7O5. The lowest BCUT2D eigenvalue weighted by atomic mass is 9.78. The molecule has 0 spiro atoms. The molecule has 2 heterocycles. The zero-order valence-corrected chi connectivity index (χ0v) is 29.5. The summed E-state index contributed by atoms with van der Waals surface area (Å²) >= 11 is 13.0. The highest BCUT2D eigenvalue weighted by Crippen LogP contribution is 2.39. The van der Waals surface area contributed by atoms with Crippen molar-refractivity contribution in [1.29, 1.82) is 0 Å². The summed E-state index contributed by atoms with van der Waals surface area (Å²) in [7, 11) is 0. The number of nitrogens with one attached hydrogen (secondary N) is 4. The minimum absolute atomic E-state index is 0.0398. The van der Waals surface area contributed by atoms with E-state index in [1.54, 1.807) is 12.1 Å². The Labute approximate surface area is 294 Å². The zero-order valence-electron chi connectivity index (χ0n) is 27.9. The topological polar surface area (TPSA) is 164 Å². The minimum atomic E-state index is -1.44. The Hall–Kier alpha value is -4.42. The molecule has 49 heavy (non-hydrogen) atoms. The molecular weight excluding hydrogens is 669 g/mol. The van der Waals surface area contributed by atoms with Crippen molar-refractivity contribution in [3.63, 3.8) is 0 Å². The molecule has 14 heteroatoms. The second kappa shape index (κ2) is 15.4. The SMILES string of the molecule is C=Nc1noc([C@@H](NC(=O)[C@]2(NC(=O)[C@@H](NC(=O)OCc3ccccc3)C(C)CC)CCc3[nH]c4c(Cl)cc(Cl)cc4c3C2)C(C)CC)n1. The monoisotopic (exact) mass is 709 g/mol. The second-order valence-electron chi connectivity index (χ2n) is 12.6. The normalized spacial score (nSPS) is 18.1. The molecule has 4 N–H and O–H groups in total. The lowest BCUT2D eigenvalue weighted by molar-refractivity contribution is -0.136. The van der Waals surface area contributed by atoms with Crippen LogP contribution < -0.4 is 16.0 Å². The number of aryl methyl sites for hydroxylation is 1. The van der Waals surface area contributed by atoms with Crippen molar-refractivity contribution in [3.05, 3.63) is 75.2 Å². The van der Waals surface area contributed by atoms with Gasteiger partial charge in [-0.25, -0.2) is 9.79 Å². The van der Waals surface area contributed by atoms with Crippen molar-refractivity contribution >= 4 is 64.7 Å². The van der Waals surface area contributed by atoms with Gasteiger partial charge in [0.2, 0.25) is 11.8 Å². The number of carbonyl (C=O) groups is 3. The molecule has 2 aromatic carbocycles. The Bertz CT molecular complexity index is 1830. The first-order valence-corrected chi connectivity index (χ1v) is 17.1. The molecule has 1 aliphatic rings. The van der Waals surface area contributed by atoms with Crippen LogP contribution in [0.25, 0.3) is 10.9 Å². The van der Waals surface area contributed by atoms with Crippen LogP contribution in [-0.2, 0) is 33.8 Å². The molecule has 1 aliphatic carbocycles. The van der Waals surface area contributed by atoms with Crippen LogP contribution in [-0.4, -0.2) is 51.3 Å². The number of H-pyrrole nitrogens is 1. The number of fused-ring (bicyclic) bond motifs is 3. The lowest BCUT2D eigenvalue weighted by Gasteiger charge is -2.39. The van der Waals surface area contributed by atoms with Gasteiger partial charge >= 0.3 is 6.09 Å². The predicted octanol–water partition coefficient (Wildman–Crippen LogP) is 6.78. The minimum Gasteiger partial charge on any atom is -0.445 e. The van der Waals surface area contributed by atoms with Crippen LogP contribution in [0.1, 0.15) is 75.7 Å². The number of rotatable bonds is 13. The highest BCUT2D eigenvalue weighted by Gasteiger charge is 2.47. The van der Waals surface area contributed by atoms with Crippen molar-refractivity contribution < 1.29 is 23.6 Å². The van der Waals surface area contributed by atoms with Crippen LogP contribution in [0, 0.1) is 11.8 Å². The summed E-state index contributed by atoms with van der Waals surface area (Å²) in [5, 5.41) is 14.4. The molecule has 0 saturated heterocycles. The van der Waals surface area contributed by atoms with Gasteiger partial charge in [0.25, 0.3) is 11.8 Å². The molecule has 2 aromatic heterocycles. The van der Waals surface area contributed by atoms with Crippen LogP contribution in [0.3, 0.4) is 0 Å². The number of amides is 3. The molecule has 0 bridgehead atoms. The summed E-state index contributed by atoms with van der Waals surface area (Å²) < 4.78 is 10.9. The highest BCUT2D eigenvalue weighted by atomic mass is 35.5. The first-order valence-electron chi connectivity index (χ1n) is 16.4. The summed E-state index contributed by atoms with van der Waals surface area (Å²) in [6.45, 7) is 11.2. The van der Waals surface area contributed by atoms with Gasteiger partial charge in [-0.2, -0.15) is 4.98 Å². The van der Waals surface area contributed by atoms with Gasteiger partial charge in [-0.15, -0.1) is 0 Å². The quantitative estimate of drug-likeness (QED) is 0.111. The van der Waals surface area contributed by atoms with E-state index in [0.29, 0.717) is 34.8 Å². The van der Waals surface area contributed by atoms with Gasteiger partial charge in [0.15, 0.2) is 0 Å². The Kier molecular flexibility index (Phi) is 11.3. The fraction of sp³-hybridized carbons (Fsp3) is 0.429. The van der Waals surface area contributed by atoms with E-state index in [2.05, 4.69) is 42.8 Å². The average Bonchev–Trinajstić information content (AvgIpc) is 3.73. The number of carbonyl (C=O) groups excluding carboxylic acids is 3. The molecule has 4 aromatic rings.